The zero-order valence-electron chi connectivity index (χ0n) is 9.79. The van der Waals surface area contributed by atoms with Crippen LogP contribution in [0.3, 0.4) is 0 Å². The summed E-state index contributed by atoms with van der Waals surface area (Å²) >= 11 is 6.79. The van der Waals surface area contributed by atoms with E-state index in [4.69, 9.17) is 11.6 Å². The number of aromatic amines is 1. The summed E-state index contributed by atoms with van der Waals surface area (Å²) in [5.41, 5.74) is 0.160. The Morgan fingerprint density at radius 1 is 1.30 bits per heavy atom. The second kappa shape index (κ2) is 4.69. The van der Waals surface area contributed by atoms with Crippen LogP contribution in [0.2, 0.25) is 5.02 Å². The lowest BCUT2D eigenvalue weighted by Crippen LogP contribution is -2.08. The van der Waals surface area contributed by atoms with E-state index in [-0.39, 0.29) is 10.6 Å². The predicted molar refractivity (Wildman–Crippen MR) is 77.3 cm³/mol. The summed E-state index contributed by atoms with van der Waals surface area (Å²) in [6.07, 6.45) is 0. The van der Waals surface area contributed by atoms with Gasteiger partial charge < -0.3 is 4.98 Å². The molecule has 0 bridgehead atoms. The summed E-state index contributed by atoms with van der Waals surface area (Å²) in [6, 6.07) is 7.74. The Bertz CT molecular complexity index is 887. The third kappa shape index (κ3) is 2.17. The predicted octanol–water partition coefficient (Wildman–Crippen LogP) is 3.21. The molecular formula is C12H6ClN3O3S. The number of nitrogens with one attached hydrogen (secondary N) is 1. The van der Waals surface area contributed by atoms with E-state index >= 15 is 0 Å². The second-order valence-electron chi connectivity index (χ2n) is 3.97. The number of aromatic nitrogens is 2. The number of nitrogens with zero attached hydrogens (tertiary/aromatic N) is 2. The topological polar surface area (TPSA) is 88.9 Å². The minimum atomic E-state index is -0.479. The van der Waals surface area contributed by atoms with Crippen LogP contribution in [0.1, 0.15) is 0 Å². The number of hydrogen-bond acceptors (Lipinski definition) is 5. The highest BCUT2D eigenvalue weighted by Gasteiger charge is 2.13. The van der Waals surface area contributed by atoms with E-state index in [1.165, 1.54) is 12.1 Å². The van der Waals surface area contributed by atoms with Crippen molar-refractivity contribution < 1.29 is 4.92 Å². The van der Waals surface area contributed by atoms with E-state index in [1.807, 2.05) is 0 Å². The molecule has 1 aromatic carbocycles. The van der Waals surface area contributed by atoms with Gasteiger partial charge in [0.2, 0.25) is 0 Å². The fourth-order valence-corrected chi connectivity index (χ4v) is 2.72. The first-order valence-electron chi connectivity index (χ1n) is 5.49. The van der Waals surface area contributed by atoms with Crippen LogP contribution in [0.25, 0.3) is 21.6 Å². The Hall–Kier alpha value is -2.25. The van der Waals surface area contributed by atoms with Crippen molar-refractivity contribution in [2.75, 3.05) is 0 Å². The van der Waals surface area contributed by atoms with E-state index in [0.717, 1.165) is 11.3 Å². The number of thiophene rings is 1. The second-order valence-corrected chi connectivity index (χ2v) is 5.47. The van der Waals surface area contributed by atoms with Gasteiger partial charge in [-0.05, 0) is 24.3 Å². The molecule has 20 heavy (non-hydrogen) atoms. The molecule has 0 aliphatic rings. The van der Waals surface area contributed by atoms with Gasteiger partial charge in [0.15, 0.2) is 5.82 Å². The molecule has 6 nitrogen and oxygen atoms in total. The first-order valence-corrected chi connectivity index (χ1v) is 6.68. The molecule has 0 fully saturated rings. The fraction of sp³-hybridized carbons (Fsp3) is 0. The molecule has 100 valence electrons. The molecule has 1 N–H and O–H groups in total. The van der Waals surface area contributed by atoms with Crippen molar-refractivity contribution in [3.8, 4) is 10.7 Å². The summed E-state index contributed by atoms with van der Waals surface area (Å²) in [5, 5.41) is 11.5. The Morgan fingerprint density at radius 3 is 2.80 bits per heavy atom. The normalized spacial score (nSPS) is 10.8. The molecule has 3 rings (SSSR count). The van der Waals surface area contributed by atoms with Crippen LogP contribution < -0.4 is 5.56 Å². The van der Waals surface area contributed by atoms with Gasteiger partial charge in [-0.15, -0.1) is 0 Å². The van der Waals surface area contributed by atoms with Crippen LogP contribution in [0, 0.1) is 10.1 Å². The van der Waals surface area contributed by atoms with Gasteiger partial charge in [-0.3, -0.25) is 14.9 Å². The molecule has 0 saturated carbocycles. The first kappa shape index (κ1) is 12.8. The van der Waals surface area contributed by atoms with Crippen LogP contribution >= 0.6 is 22.9 Å². The van der Waals surface area contributed by atoms with Crippen molar-refractivity contribution in [1.29, 1.82) is 0 Å². The van der Waals surface area contributed by atoms with Gasteiger partial charge in [0.25, 0.3) is 5.56 Å². The highest BCUT2D eigenvalue weighted by atomic mass is 35.5. The zero-order valence-corrected chi connectivity index (χ0v) is 11.4. The third-order valence-electron chi connectivity index (χ3n) is 2.67. The number of rotatable bonds is 2. The number of halogens is 1. The number of nitro groups is 1. The van der Waals surface area contributed by atoms with Crippen molar-refractivity contribution in [1.82, 2.24) is 9.97 Å². The minimum Gasteiger partial charge on any atom is -0.305 e. The van der Waals surface area contributed by atoms with Crippen LogP contribution in [0.4, 0.5) is 5.00 Å². The van der Waals surface area contributed by atoms with Gasteiger partial charge in [0.1, 0.15) is 0 Å². The van der Waals surface area contributed by atoms with E-state index in [1.54, 1.807) is 18.2 Å². The molecule has 0 unspecified atom stereocenters. The van der Waals surface area contributed by atoms with Crippen LogP contribution in [0.5, 0.6) is 0 Å². The van der Waals surface area contributed by atoms with E-state index in [9.17, 15) is 14.9 Å². The summed E-state index contributed by atoms with van der Waals surface area (Å²) < 4.78 is 0. The van der Waals surface area contributed by atoms with E-state index in [0.29, 0.717) is 26.6 Å². The van der Waals surface area contributed by atoms with Crippen molar-refractivity contribution in [3.63, 3.8) is 0 Å². The fourth-order valence-electron chi connectivity index (χ4n) is 1.78. The van der Waals surface area contributed by atoms with Crippen LogP contribution in [-0.4, -0.2) is 14.9 Å². The standard InChI is InChI=1S/C12H6ClN3O3S/c13-6-1-2-8-7(5-6)12(17)15-11(14-8)9-3-4-10(20-9)16(18)19/h1-5H,(H,14,15,17). The van der Waals surface area contributed by atoms with Gasteiger partial charge in [0, 0.05) is 11.1 Å². The van der Waals surface area contributed by atoms with Gasteiger partial charge in [-0.2, -0.15) is 0 Å². The Labute approximate surface area is 120 Å². The molecule has 0 aliphatic heterocycles. The molecule has 8 heteroatoms. The van der Waals surface area contributed by atoms with Crippen molar-refractivity contribution in [3.05, 3.63) is 55.8 Å². The summed E-state index contributed by atoms with van der Waals surface area (Å²) in [6.45, 7) is 0. The molecule has 0 saturated heterocycles. The molecule has 3 aromatic rings. The molecule has 0 radical (unpaired) electrons. The maximum absolute atomic E-state index is 12.0. The minimum absolute atomic E-state index is 0.00106. The Kier molecular flexibility index (Phi) is 3.00. The number of benzene rings is 1. The van der Waals surface area contributed by atoms with E-state index in [2.05, 4.69) is 9.97 Å². The lowest BCUT2D eigenvalue weighted by atomic mass is 10.2. The monoisotopic (exact) mass is 307 g/mol. The Morgan fingerprint density at radius 2 is 2.10 bits per heavy atom. The highest BCUT2D eigenvalue weighted by Crippen LogP contribution is 2.30. The summed E-state index contributed by atoms with van der Waals surface area (Å²) in [7, 11) is 0. The molecule has 2 heterocycles. The molecule has 0 spiro atoms. The number of hydrogen-bond donors (Lipinski definition) is 1. The maximum Gasteiger partial charge on any atom is 0.324 e. The molecule has 0 atom stereocenters. The molecular weight excluding hydrogens is 302 g/mol. The zero-order chi connectivity index (χ0) is 14.3. The van der Waals surface area contributed by atoms with Crippen LogP contribution in [-0.2, 0) is 0 Å². The van der Waals surface area contributed by atoms with Crippen molar-refractivity contribution in [2.45, 2.75) is 0 Å². The number of fused-ring (bicyclic) bond motifs is 1. The highest BCUT2D eigenvalue weighted by molar-refractivity contribution is 7.18. The SMILES string of the molecule is O=c1[nH]c(-c2ccc([N+](=O)[O-])s2)nc2ccc(Cl)cc12. The summed E-state index contributed by atoms with van der Waals surface area (Å²) in [4.78, 5) is 29.6. The van der Waals surface area contributed by atoms with Crippen LogP contribution in [0.15, 0.2) is 35.1 Å². The molecule has 0 aliphatic carbocycles. The van der Waals surface area contributed by atoms with Gasteiger partial charge >= 0.3 is 5.00 Å². The number of H-pyrrole nitrogens is 1. The quantitative estimate of drug-likeness (QED) is 0.581. The van der Waals surface area contributed by atoms with Gasteiger partial charge in [0.05, 0.1) is 20.7 Å². The molecule has 2 aromatic heterocycles. The Balaban J connectivity index is 2.19. The average Bonchev–Trinajstić information content (AvgIpc) is 2.89. The largest absolute Gasteiger partial charge is 0.324 e. The smallest absolute Gasteiger partial charge is 0.305 e. The van der Waals surface area contributed by atoms with Crippen molar-refractivity contribution in [2.24, 2.45) is 0 Å². The lowest BCUT2D eigenvalue weighted by molar-refractivity contribution is -0.380. The van der Waals surface area contributed by atoms with Gasteiger partial charge in [-0.1, -0.05) is 22.9 Å². The lowest BCUT2D eigenvalue weighted by Gasteiger charge is -2.00. The van der Waals surface area contributed by atoms with Gasteiger partial charge in [-0.25, -0.2) is 4.98 Å². The average molecular weight is 308 g/mol. The van der Waals surface area contributed by atoms with Crippen molar-refractivity contribution >= 4 is 38.8 Å². The van der Waals surface area contributed by atoms with E-state index < -0.39 is 4.92 Å². The summed E-state index contributed by atoms with van der Waals surface area (Å²) in [5.74, 6) is 0.308. The third-order valence-corrected chi connectivity index (χ3v) is 3.95. The molecule has 0 amide bonds. The first-order chi connectivity index (χ1) is 9.54. The maximum atomic E-state index is 12.0.